The molecule has 6 nitrogen and oxygen atoms in total. The quantitative estimate of drug-likeness (QED) is 0.663. The van der Waals surface area contributed by atoms with Crippen LogP contribution in [0, 0.1) is 12.3 Å². The zero-order valence-corrected chi connectivity index (χ0v) is 18.1. The van der Waals surface area contributed by atoms with Gasteiger partial charge >= 0.3 is 0 Å². The Labute approximate surface area is 182 Å². The Morgan fingerprint density at radius 1 is 1.13 bits per heavy atom. The molecule has 1 unspecified atom stereocenters. The van der Waals surface area contributed by atoms with E-state index in [1.54, 1.807) is 4.68 Å². The third-order valence-corrected chi connectivity index (χ3v) is 6.13. The van der Waals surface area contributed by atoms with E-state index in [2.05, 4.69) is 48.3 Å². The number of benzene rings is 2. The molecule has 0 saturated heterocycles. The van der Waals surface area contributed by atoms with Gasteiger partial charge in [-0.05, 0) is 36.0 Å². The molecule has 158 valence electrons. The second-order valence-corrected chi connectivity index (χ2v) is 9.14. The van der Waals surface area contributed by atoms with Gasteiger partial charge in [0.15, 0.2) is 5.78 Å². The summed E-state index contributed by atoms with van der Waals surface area (Å²) in [6, 6.07) is 15.8. The van der Waals surface area contributed by atoms with Crippen LogP contribution >= 0.6 is 0 Å². The van der Waals surface area contributed by atoms with E-state index in [4.69, 9.17) is 4.74 Å². The fraction of sp³-hybridized carbons (Fsp3) is 0.320. The van der Waals surface area contributed by atoms with E-state index in [0.29, 0.717) is 19.0 Å². The van der Waals surface area contributed by atoms with Crippen LogP contribution < -0.4 is 10.1 Å². The molecule has 6 heteroatoms. The maximum absolute atomic E-state index is 13.3. The lowest BCUT2D eigenvalue weighted by Gasteiger charge is -2.38. The molecule has 1 aliphatic heterocycles. The van der Waals surface area contributed by atoms with Gasteiger partial charge in [0.2, 0.25) is 5.95 Å². The summed E-state index contributed by atoms with van der Waals surface area (Å²) in [5.74, 6) is 1.56. The van der Waals surface area contributed by atoms with Crippen LogP contribution in [0.1, 0.15) is 49.4 Å². The van der Waals surface area contributed by atoms with Gasteiger partial charge in [-0.2, -0.15) is 10.1 Å². The van der Waals surface area contributed by atoms with Crippen molar-refractivity contribution in [2.75, 3.05) is 5.32 Å². The van der Waals surface area contributed by atoms with Crippen molar-refractivity contribution >= 4 is 11.7 Å². The molecule has 0 saturated carbocycles. The van der Waals surface area contributed by atoms with Crippen molar-refractivity contribution in [2.45, 2.75) is 46.3 Å². The van der Waals surface area contributed by atoms with Gasteiger partial charge in [0.1, 0.15) is 24.7 Å². The van der Waals surface area contributed by atoms with Crippen LogP contribution in [0.4, 0.5) is 5.95 Å². The number of aryl methyl sites for hydroxylation is 1. The van der Waals surface area contributed by atoms with Gasteiger partial charge in [-0.1, -0.05) is 56.3 Å². The number of para-hydroxylation sites is 1. The predicted molar refractivity (Wildman–Crippen MR) is 119 cm³/mol. The van der Waals surface area contributed by atoms with Gasteiger partial charge in [0.05, 0.1) is 0 Å². The summed E-state index contributed by atoms with van der Waals surface area (Å²) in [4.78, 5) is 17.7. The molecule has 0 amide bonds. The van der Waals surface area contributed by atoms with Crippen molar-refractivity contribution in [3.8, 4) is 5.75 Å². The maximum Gasteiger partial charge on any atom is 0.226 e. The fourth-order valence-corrected chi connectivity index (χ4v) is 4.60. The molecule has 0 radical (unpaired) electrons. The number of carbonyl (C=O) groups is 1. The number of aromatic nitrogens is 3. The van der Waals surface area contributed by atoms with E-state index in [1.807, 2.05) is 36.4 Å². The highest BCUT2D eigenvalue weighted by atomic mass is 16.5. The first kappa shape index (κ1) is 19.5. The summed E-state index contributed by atoms with van der Waals surface area (Å²) in [5, 5.41) is 7.81. The Bertz CT molecular complexity index is 1190. The van der Waals surface area contributed by atoms with Gasteiger partial charge in [-0.3, -0.25) is 4.79 Å². The fourth-order valence-electron chi connectivity index (χ4n) is 4.60. The molecule has 3 aromatic rings. The Morgan fingerprint density at radius 2 is 1.90 bits per heavy atom. The number of carbonyl (C=O) groups excluding carboxylic acids is 1. The molecule has 2 aromatic carbocycles. The normalized spacial score (nSPS) is 19.5. The van der Waals surface area contributed by atoms with E-state index < -0.39 is 0 Å². The van der Waals surface area contributed by atoms with E-state index in [-0.39, 0.29) is 17.2 Å². The molecule has 1 aromatic heterocycles. The van der Waals surface area contributed by atoms with Crippen LogP contribution in [0.3, 0.4) is 0 Å². The smallest absolute Gasteiger partial charge is 0.226 e. The summed E-state index contributed by atoms with van der Waals surface area (Å²) in [5.41, 5.74) is 4.88. The lowest BCUT2D eigenvalue weighted by atomic mass is 9.73. The number of allylic oxidation sites excluding steroid dienone is 2. The highest BCUT2D eigenvalue weighted by Crippen LogP contribution is 2.46. The molecule has 1 N–H and O–H groups in total. The molecule has 31 heavy (non-hydrogen) atoms. The Hall–Kier alpha value is -3.41. The second kappa shape index (κ2) is 7.38. The molecule has 1 atom stereocenters. The molecule has 2 heterocycles. The Morgan fingerprint density at radius 3 is 2.74 bits per heavy atom. The second-order valence-electron chi connectivity index (χ2n) is 9.14. The summed E-state index contributed by atoms with van der Waals surface area (Å²) in [6.07, 6.45) is 2.84. The van der Waals surface area contributed by atoms with Crippen molar-refractivity contribution in [1.29, 1.82) is 0 Å². The molecule has 0 spiro atoms. The third-order valence-electron chi connectivity index (χ3n) is 6.13. The zero-order valence-electron chi connectivity index (χ0n) is 18.1. The predicted octanol–water partition coefficient (Wildman–Crippen LogP) is 4.82. The number of fused-ring (bicyclic) bond motifs is 1. The average molecular weight is 415 g/mol. The monoisotopic (exact) mass is 414 g/mol. The third kappa shape index (κ3) is 3.52. The number of nitrogens with one attached hydrogen (secondary N) is 1. The van der Waals surface area contributed by atoms with E-state index in [1.165, 1.54) is 11.9 Å². The molecule has 1 aliphatic carbocycles. The van der Waals surface area contributed by atoms with E-state index >= 15 is 0 Å². The van der Waals surface area contributed by atoms with Gasteiger partial charge in [0, 0.05) is 23.3 Å². The standard InChI is InChI=1S/C25H26N4O2/c1-16-8-4-5-9-17(16)14-31-21-11-7-6-10-18(21)23-22-19(12-25(2,3)13-20(22)30)28-24-26-15-27-29(23)24/h4-11,15,23H,12-14H2,1-3H3,(H,26,27,28). The Kier molecular flexibility index (Phi) is 4.65. The van der Waals surface area contributed by atoms with Crippen LogP contribution in [0.15, 0.2) is 66.1 Å². The molecular weight excluding hydrogens is 388 g/mol. The summed E-state index contributed by atoms with van der Waals surface area (Å²) >= 11 is 0. The molecule has 5 rings (SSSR count). The van der Waals surface area contributed by atoms with Crippen molar-refractivity contribution in [3.63, 3.8) is 0 Å². The number of hydrogen-bond donors (Lipinski definition) is 1. The first-order chi connectivity index (χ1) is 14.9. The minimum absolute atomic E-state index is 0.0868. The summed E-state index contributed by atoms with van der Waals surface area (Å²) in [7, 11) is 0. The molecule has 0 bridgehead atoms. The van der Waals surface area contributed by atoms with Gasteiger partial charge in [-0.15, -0.1) is 0 Å². The number of ether oxygens (including phenoxy) is 1. The highest BCUT2D eigenvalue weighted by Gasteiger charge is 2.42. The van der Waals surface area contributed by atoms with Crippen molar-refractivity contribution in [3.05, 3.63) is 82.8 Å². The molecule has 0 fully saturated rings. The number of rotatable bonds is 4. The topological polar surface area (TPSA) is 69.0 Å². The molecular formula is C25H26N4O2. The number of Topliss-reactive ketones (excluding diaryl/α,β-unsaturated/α-hetero) is 1. The van der Waals surface area contributed by atoms with Crippen molar-refractivity contribution < 1.29 is 9.53 Å². The van der Waals surface area contributed by atoms with Crippen LogP contribution in [0.25, 0.3) is 0 Å². The van der Waals surface area contributed by atoms with Crippen LogP contribution in [0.5, 0.6) is 5.75 Å². The Balaban J connectivity index is 1.57. The minimum Gasteiger partial charge on any atom is -0.489 e. The van der Waals surface area contributed by atoms with Crippen molar-refractivity contribution in [1.82, 2.24) is 14.8 Å². The summed E-state index contributed by atoms with van der Waals surface area (Å²) in [6.45, 7) is 6.80. The zero-order chi connectivity index (χ0) is 21.6. The first-order valence-corrected chi connectivity index (χ1v) is 10.6. The van der Waals surface area contributed by atoms with Gasteiger partial charge in [0.25, 0.3) is 0 Å². The van der Waals surface area contributed by atoms with E-state index in [9.17, 15) is 4.79 Å². The number of hydrogen-bond acceptors (Lipinski definition) is 5. The molecule has 2 aliphatic rings. The lowest BCUT2D eigenvalue weighted by Crippen LogP contribution is -2.36. The maximum atomic E-state index is 13.3. The van der Waals surface area contributed by atoms with Crippen LogP contribution in [0.2, 0.25) is 0 Å². The summed E-state index contributed by atoms with van der Waals surface area (Å²) < 4.78 is 8.09. The van der Waals surface area contributed by atoms with Crippen molar-refractivity contribution in [2.24, 2.45) is 5.41 Å². The number of ketones is 1. The van der Waals surface area contributed by atoms with Gasteiger partial charge < -0.3 is 10.1 Å². The number of nitrogens with zero attached hydrogens (tertiary/aromatic N) is 3. The van der Waals surface area contributed by atoms with E-state index in [0.717, 1.165) is 34.6 Å². The lowest BCUT2D eigenvalue weighted by molar-refractivity contribution is -0.118. The van der Waals surface area contributed by atoms with Gasteiger partial charge in [-0.25, -0.2) is 4.68 Å². The SMILES string of the molecule is Cc1ccccc1COc1ccccc1C1C2=C(CC(C)(C)CC2=O)Nc2ncnn21. The number of anilines is 1. The first-order valence-electron chi connectivity index (χ1n) is 10.6. The highest BCUT2D eigenvalue weighted by molar-refractivity contribution is 6.00. The largest absolute Gasteiger partial charge is 0.489 e. The average Bonchev–Trinajstić information content (AvgIpc) is 3.19. The minimum atomic E-state index is -0.356. The van der Waals surface area contributed by atoms with Crippen LogP contribution in [-0.2, 0) is 11.4 Å². The van der Waals surface area contributed by atoms with Crippen LogP contribution in [-0.4, -0.2) is 20.5 Å².